The highest BCUT2D eigenvalue weighted by atomic mass is 35.5. The van der Waals surface area contributed by atoms with Gasteiger partial charge in [0.15, 0.2) is 0 Å². The third-order valence-corrected chi connectivity index (χ3v) is 4.38. The molecule has 1 fully saturated rings. The fourth-order valence-corrected chi connectivity index (χ4v) is 3.10. The number of halogens is 1. The first-order valence-corrected chi connectivity index (χ1v) is 8.35. The van der Waals surface area contributed by atoms with Crippen molar-refractivity contribution < 1.29 is 14.3 Å². The van der Waals surface area contributed by atoms with E-state index in [0.717, 1.165) is 16.9 Å². The number of nitrogens with one attached hydrogen (secondary N) is 1. The van der Waals surface area contributed by atoms with E-state index in [2.05, 4.69) is 5.32 Å². The Labute approximate surface area is 145 Å². The van der Waals surface area contributed by atoms with Crippen LogP contribution in [0, 0.1) is 0 Å². The molecule has 2 aliphatic heterocycles. The smallest absolute Gasteiger partial charge is 0.247 e. The molecule has 1 unspecified atom stereocenters. The van der Waals surface area contributed by atoms with Crippen molar-refractivity contribution in [2.24, 2.45) is 0 Å². The summed E-state index contributed by atoms with van der Waals surface area (Å²) >= 11 is 6.00. The van der Waals surface area contributed by atoms with Crippen LogP contribution in [-0.2, 0) is 9.59 Å². The zero-order chi connectivity index (χ0) is 17.1. The standard InChI is InChI=1S/C18H19ClN2O3/c1-2-15-18(23)20-7-8-21(15)17(22)6-3-12-9-13-10-14(19)4-5-16(13)24-11-12/h3-6,9-10,15H,2,7-8,11H2,1H3,(H,20,23)/b6-3+. The largest absolute Gasteiger partial charge is 0.488 e. The van der Waals surface area contributed by atoms with E-state index >= 15 is 0 Å². The maximum Gasteiger partial charge on any atom is 0.247 e. The first kappa shape index (κ1) is 16.6. The second-order valence-electron chi connectivity index (χ2n) is 5.77. The number of carbonyl (C=O) groups excluding carboxylic acids is 2. The van der Waals surface area contributed by atoms with Gasteiger partial charge in [-0.2, -0.15) is 0 Å². The number of carbonyl (C=O) groups is 2. The van der Waals surface area contributed by atoms with E-state index in [4.69, 9.17) is 16.3 Å². The topological polar surface area (TPSA) is 58.6 Å². The normalized spacial score (nSPS) is 20.2. The van der Waals surface area contributed by atoms with Gasteiger partial charge in [-0.05, 0) is 36.3 Å². The molecule has 1 aromatic rings. The number of ether oxygens (including phenoxy) is 1. The first-order chi connectivity index (χ1) is 11.6. The highest BCUT2D eigenvalue weighted by molar-refractivity contribution is 6.30. The molecule has 0 spiro atoms. The van der Waals surface area contributed by atoms with E-state index in [0.29, 0.717) is 31.1 Å². The van der Waals surface area contributed by atoms with Gasteiger partial charge in [-0.25, -0.2) is 0 Å². The Morgan fingerprint density at radius 2 is 2.33 bits per heavy atom. The van der Waals surface area contributed by atoms with Gasteiger partial charge in [0.1, 0.15) is 18.4 Å². The summed E-state index contributed by atoms with van der Waals surface area (Å²) in [6.45, 7) is 3.32. The van der Waals surface area contributed by atoms with Crippen molar-refractivity contribution in [3.63, 3.8) is 0 Å². The van der Waals surface area contributed by atoms with Gasteiger partial charge in [0.25, 0.3) is 0 Å². The zero-order valence-corrected chi connectivity index (χ0v) is 14.2. The summed E-state index contributed by atoms with van der Waals surface area (Å²) in [5.41, 5.74) is 1.78. The number of fused-ring (bicyclic) bond motifs is 1. The van der Waals surface area contributed by atoms with Gasteiger partial charge < -0.3 is 15.0 Å². The lowest BCUT2D eigenvalue weighted by Gasteiger charge is -2.33. The predicted octanol–water partition coefficient (Wildman–Crippen LogP) is 2.41. The molecule has 126 valence electrons. The lowest BCUT2D eigenvalue weighted by Crippen LogP contribution is -2.56. The second kappa shape index (κ2) is 7.09. The monoisotopic (exact) mass is 346 g/mol. The zero-order valence-electron chi connectivity index (χ0n) is 13.4. The minimum atomic E-state index is -0.396. The van der Waals surface area contributed by atoms with Crippen LogP contribution >= 0.6 is 11.6 Å². The highest BCUT2D eigenvalue weighted by Gasteiger charge is 2.30. The average molecular weight is 347 g/mol. The Morgan fingerprint density at radius 1 is 1.50 bits per heavy atom. The molecule has 1 aromatic carbocycles. The van der Waals surface area contributed by atoms with Gasteiger partial charge in [0, 0.05) is 29.8 Å². The molecule has 0 saturated carbocycles. The van der Waals surface area contributed by atoms with Crippen LogP contribution < -0.4 is 10.1 Å². The molecule has 2 aliphatic rings. The molecular formula is C18H19ClN2O3. The van der Waals surface area contributed by atoms with E-state index in [1.165, 1.54) is 6.08 Å². The van der Waals surface area contributed by atoms with Crippen LogP contribution in [0.25, 0.3) is 6.08 Å². The minimum Gasteiger partial charge on any atom is -0.488 e. The Hall–Kier alpha value is -2.27. The van der Waals surface area contributed by atoms with Crippen LogP contribution in [0.5, 0.6) is 5.75 Å². The molecule has 24 heavy (non-hydrogen) atoms. The molecule has 0 aromatic heterocycles. The summed E-state index contributed by atoms with van der Waals surface area (Å²) in [4.78, 5) is 25.9. The number of nitrogens with zero attached hydrogens (tertiary/aromatic N) is 1. The average Bonchev–Trinajstić information content (AvgIpc) is 2.59. The van der Waals surface area contributed by atoms with E-state index < -0.39 is 6.04 Å². The highest BCUT2D eigenvalue weighted by Crippen LogP contribution is 2.29. The van der Waals surface area contributed by atoms with Crippen LogP contribution in [-0.4, -0.2) is 42.5 Å². The van der Waals surface area contributed by atoms with Crippen molar-refractivity contribution in [3.8, 4) is 5.75 Å². The number of benzene rings is 1. The van der Waals surface area contributed by atoms with Gasteiger partial charge in [-0.15, -0.1) is 0 Å². The molecular weight excluding hydrogens is 328 g/mol. The van der Waals surface area contributed by atoms with Crippen molar-refractivity contribution in [2.75, 3.05) is 19.7 Å². The molecule has 0 radical (unpaired) electrons. The molecule has 0 bridgehead atoms. The van der Waals surface area contributed by atoms with Crippen LogP contribution in [0.1, 0.15) is 18.9 Å². The number of piperazine rings is 1. The van der Waals surface area contributed by atoms with Crippen molar-refractivity contribution in [2.45, 2.75) is 19.4 Å². The predicted molar refractivity (Wildman–Crippen MR) is 92.9 cm³/mol. The van der Waals surface area contributed by atoms with Crippen LogP contribution in [0.4, 0.5) is 0 Å². The molecule has 2 heterocycles. The van der Waals surface area contributed by atoms with Crippen molar-refractivity contribution in [1.82, 2.24) is 10.2 Å². The summed E-state index contributed by atoms with van der Waals surface area (Å²) < 4.78 is 5.66. The Bertz CT molecular complexity index is 727. The Morgan fingerprint density at radius 3 is 3.12 bits per heavy atom. The summed E-state index contributed by atoms with van der Waals surface area (Å²) in [7, 11) is 0. The van der Waals surface area contributed by atoms with E-state index in [9.17, 15) is 9.59 Å². The van der Waals surface area contributed by atoms with Crippen molar-refractivity contribution in [1.29, 1.82) is 0 Å². The minimum absolute atomic E-state index is 0.0886. The molecule has 0 aliphatic carbocycles. The lowest BCUT2D eigenvalue weighted by atomic mass is 10.1. The van der Waals surface area contributed by atoms with Gasteiger partial charge in [-0.1, -0.05) is 24.6 Å². The van der Waals surface area contributed by atoms with Gasteiger partial charge in [0.2, 0.25) is 11.8 Å². The summed E-state index contributed by atoms with van der Waals surface area (Å²) in [5.74, 6) is 0.533. The summed E-state index contributed by atoms with van der Waals surface area (Å²) in [6.07, 6.45) is 5.80. The maximum atomic E-state index is 12.4. The summed E-state index contributed by atoms with van der Waals surface area (Å²) in [6, 6.07) is 5.04. The van der Waals surface area contributed by atoms with Gasteiger partial charge in [-0.3, -0.25) is 9.59 Å². The third-order valence-electron chi connectivity index (χ3n) is 4.15. The molecule has 1 N–H and O–H groups in total. The quantitative estimate of drug-likeness (QED) is 0.855. The van der Waals surface area contributed by atoms with Crippen LogP contribution in [0.3, 0.4) is 0 Å². The first-order valence-electron chi connectivity index (χ1n) is 7.98. The van der Waals surface area contributed by atoms with E-state index in [1.54, 1.807) is 17.0 Å². The SMILES string of the molecule is CCC1C(=O)NCCN1C(=O)/C=C/C1=Cc2cc(Cl)ccc2OC1. The molecule has 1 saturated heterocycles. The molecule has 2 amide bonds. The Kier molecular flexibility index (Phi) is 4.90. The third kappa shape index (κ3) is 3.46. The molecule has 1 atom stereocenters. The van der Waals surface area contributed by atoms with E-state index in [-0.39, 0.29) is 11.8 Å². The van der Waals surface area contributed by atoms with E-state index in [1.807, 2.05) is 25.1 Å². The molecule has 5 nitrogen and oxygen atoms in total. The van der Waals surface area contributed by atoms with Gasteiger partial charge >= 0.3 is 0 Å². The van der Waals surface area contributed by atoms with Crippen LogP contribution in [0.2, 0.25) is 5.02 Å². The van der Waals surface area contributed by atoms with Crippen molar-refractivity contribution in [3.05, 3.63) is 46.5 Å². The van der Waals surface area contributed by atoms with Gasteiger partial charge in [0.05, 0.1) is 0 Å². The number of hydrogen-bond acceptors (Lipinski definition) is 3. The maximum absolute atomic E-state index is 12.4. The second-order valence-corrected chi connectivity index (χ2v) is 6.21. The molecule has 6 heteroatoms. The fraction of sp³-hybridized carbons (Fsp3) is 0.333. The van der Waals surface area contributed by atoms with Crippen molar-refractivity contribution >= 4 is 29.5 Å². The fourth-order valence-electron chi connectivity index (χ4n) is 2.92. The summed E-state index contributed by atoms with van der Waals surface area (Å²) in [5, 5.41) is 3.43. The van der Waals surface area contributed by atoms with Crippen LogP contribution in [0.15, 0.2) is 35.9 Å². The number of amides is 2. The lowest BCUT2D eigenvalue weighted by molar-refractivity contribution is -0.140. The Balaban J connectivity index is 1.73. The molecule has 3 rings (SSSR count). The number of rotatable bonds is 3. The number of hydrogen-bond donors (Lipinski definition) is 1.